The highest BCUT2D eigenvalue weighted by molar-refractivity contribution is 7.86. The minimum atomic E-state index is -3.87. The van der Waals surface area contributed by atoms with Gasteiger partial charge >= 0.3 is 10.1 Å². The Morgan fingerprint density at radius 1 is 1.30 bits per heavy atom. The van der Waals surface area contributed by atoms with Crippen LogP contribution >= 0.6 is 11.6 Å². The summed E-state index contributed by atoms with van der Waals surface area (Å²) >= 11 is 6.36. The molecule has 6 nitrogen and oxygen atoms in total. The average molecular weight is 408 g/mol. The molecule has 1 aliphatic heterocycles. The molecule has 0 N–H and O–H groups in total. The quantitative estimate of drug-likeness (QED) is 0.720. The molecule has 142 valence electrons. The number of nitrogens with zero attached hydrogens (tertiary/aromatic N) is 1. The van der Waals surface area contributed by atoms with E-state index in [1.807, 2.05) is 12.1 Å². The molecule has 0 amide bonds. The lowest BCUT2D eigenvalue weighted by molar-refractivity contribution is 0.380. The standard InChI is InChI=1S/C19H18ClNO5S/c1-27(23,24)26-18-14(22)8-10-25-15(18)11-19-9-3-2-7-16(19)21-17-12(19)5-4-6-13(17)20/h4-6,8,10H,2-3,7,9,11H2,1H3. The van der Waals surface area contributed by atoms with E-state index in [-0.39, 0.29) is 11.5 Å². The summed E-state index contributed by atoms with van der Waals surface area (Å²) in [5, 5.41) is 0.580. The minimum Gasteiger partial charge on any atom is -0.465 e. The molecule has 0 radical (unpaired) electrons. The first-order valence-electron chi connectivity index (χ1n) is 8.67. The molecular weight excluding hydrogens is 390 g/mol. The van der Waals surface area contributed by atoms with Gasteiger partial charge in [0.15, 0.2) is 5.76 Å². The van der Waals surface area contributed by atoms with Crippen LogP contribution in [-0.4, -0.2) is 20.4 Å². The van der Waals surface area contributed by atoms with Crippen LogP contribution < -0.4 is 9.61 Å². The normalized spacial score (nSPS) is 21.3. The topological polar surface area (TPSA) is 85.9 Å². The van der Waals surface area contributed by atoms with Crippen LogP contribution in [0.5, 0.6) is 5.75 Å². The molecule has 0 bridgehead atoms. The number of hydrogen-bond donors (Lipinski definition) is 0. The first-order valence-corrected chi connectivity index (χ1v) is 10.9. The van der Waals surface area contributed by atoms with Crippen molar-refractivity contribution in [2.75, 3.05) is 6.26 Å². The predicted molar refractivity (Wildman–Crippen MR) is 103 cm³/mol. The van der Waals surface area contributed by atoms with E-state index in [0.29, 0.717) is 11.4 Å². The van der Waals surface area contributed by atoms with Gasteiger partial charge in [-0.3, -0.25) is 9.79 Å². The SMILES string of the molecule is CS(=O)(=O)Oc1c(CC23CCCCC2=Nc2c(Cl)cccc23)occc1=O. The van der Waals surface area contributed by atoms with Crippen molar-refractivity contribution in [1.82, 2.24) is 0 Å². The van der Waals surface area contributed by atoms with Crippen LogP contribution in [0.2, 0.25) is 5.02 Å². The highest BCUT2D eigenvalue weighted by Crippen LogP contribution is 2.51. The summed E-state index contributed by atoms with van der Waals surface area (Å²) in [6, 6.07) is 6.82. The molecular formula is C19H18ClNO5S. The Morgan fingerprint density at radius 3 is 2.89 bits per heavy atom. The lowest BCUT2D eigenvalue weighted by Gasteiger charge is -2.35. The Kier molecular flexibility index (Phi) is 4.39. The fraction of sp³-hybridized carbons (Fsp3) is 0.368. The number of fused-ring (bicyclic) bond motifs is 3. The van der Waals surface area contributed by atoms with E-state index in [1.165, 1.54) is 6.26 Å². The smallest absolute Gasteiger partial charge is 0.306 e. The van der Waals surface area contributed by atoms with Crippen molar-refractivity contribution in [2.24, 2.45) is 4.99 Å². The predicted octanol–water partition coefficient (Wildman–Crippen LogP) is 3.77. The van der Waals surface area contributed by atoms with Crippen LogP contribution in [0, 0.1) is 0 Å². The van der Waals surface area contributed by atoms with E-state index >= 15 is 0 Å². The van der Waals surface area contributed by atoms with Gasteiger partial charge in [-0.2, -0.15) is 8.42 Å². The van der Waals surface area contributed by atoms with E-state index in [9.17, 15) is 13.2 Å². The second kappa shape index (κ2) is 6.49. The number of benzene rings is 1. The monoisotopic (exact) mass is 407 g/mol. The molecule has 2 aromatic rings. The Hall–Kier alpha value is -2.12. The molecule has 4 rings (SSSR count). The van der Waals surface area contributed by atoms with Gasteiger partial charge in [0.05, 0.1) is 23.2 Å². The maximum absolute atomic E-state index is 12.2. The highest BCUT2D eigenvalue weighted by atomic mass is 35.5. The molecule has 1 aliphatic carbocycles. The van der Waals surface area contributed by atoms with Crippen molar-refractivity contribution in [3.63, 3.8) is 0 Å². The van der Waals surface area contributed by atoms with E-state index in [4.69, 9.17) is 25.2 Å². The zero-order chi connectivity index (χ0) is 19.2. The van der Waals surface area contributed by atoms with E-state index in [1.54, 1.807) is 6.07 Å². The van der Waals surface area contributed by atoms with Gasteiger partial charge in [0.1, 0.15) is 0 Å². The number of rotatable bonds is 4. The fourth-order valence-electron chi connectivity index (χ4n) is 4.07. The first-order chi connectivity index (χ1) is 12.8. The molecule has 1 aromatic heterocycles. The van der Waals surface area contributed by atoms with Crippen molar-refractivity contribution in [2.45, 2.75) is 37.5 Å². The van der Waals surface area contributed by atoms with Crippen molar-refractivity contribution >= 4 is 33.1 Å². The van der Waals surface area contributed by atoms with Crippen LogP contribution in [0.15, 0.2) is 44.7 Å². The van der Waals surface area contributed by atoms with Gasteiger partial charge in [0.2, 0.25) is 11.2 Å². The summed E-state index contributed by atoms with van der Waals surface area (Å²) in [5.41, 5.74) is 1.73. The molecule has 1 aromatic carbocycles. The van der Waals surface area contributed by atoms with E-state index < -0.39 is 21.0 Å². The van der Waals surface area contributed by atoms with Crippen LogP contribution in [0.4, 0.5) is 5.69 Å². The second-order valence-corrected chi connectivity index (χ2v) is 8.97. The molecule has 1 atom stereocenters. The van der Waals surface area contributed by atoms with Gasteiger partial charge in [-0.1, -0.05) is 30.2 Å². The molecule has 1 fully saturated rings. The molecule has 1 unspecified atom stereocenters. The number of aliphatic imine (C=N–C) groups is 1. The summed E-state index contributed by atoms with van der Waals surface area (Å²) < 4.78 is 33.8. The summed E-state index contributed by atoms with van der Waals surface area (Å²) in [6.07, 6.45) is 6.11. The maximum atomic E-state index is 12.2. The lowest BCUT2D eigenvalue weighted by Crippen LogP contribution is -2.38. The molecule has 2 heterocycles. The van der Waals surface area contributed by atoms with Crippen molar-refractivity contribution in [3.05, 3.63) is 57.1 Å². The summed E-state index contributed by atoms with van der Waals surface area (Å²) in [5.74, 6) is -0.0786. The van der Waals surface area contributed by atoms with Gasteiger partial charge in [-0.25, -0.2) is 0 Å². The first kappa shape index (κ1) is 18.3. The van der Waals surface area contributed by atoms with Gasteiger partial charge < -0.3 is 8.60 Å². The van der Waals surface area contributed by atoms with Crippen molar-refractivity contribution < 1.29 is 17.0 Å². The third-order valence-electron chi connectivity index (χ3n) is 5.17. The average Bonchev–Trinajstić information content (AvgIpc) is 2.93. The van der Waals surface area contributed by atoms with Gasteiger partial charge in [0.25, 0.3) is 0 Å². The zero-order valence-corrected chi connectivity index (χ0v) is 16.3. The minimum absolute atomic E-state index is 0.204. The summed E-state index contributed by atoms with van der Waals surface area (Å²) in [6.45, 7) is 0. The van der Waals surface area contributed by atoms with E-state index in [2.05, 4.69) is 0 Å². The Bertz CT molecular complexity index is 1110. The second-order valence-electron chi connectivity index (χ2n) is 6.99. The molecule has 1 saturated carbocycles. The van der Waals surface area contributed by atoms with Gasteiger partial charge in [0, 0.05) is 23.6 Å². The largest absolute Gasteiger partial charge is 0.465 e. The number of hydrogen-bond acceptors (Lipinski definition) is 6. The van der Waals surface area contributed by atoms with E-state index in [0.717, 1.165) is 55.0 Å². The van der Waals surface area contributed by atoms with Crippen molar-refractivity contribution in [1.29, 1.82) is 0 Å². The van der Waals surface area contributed by atoms with Gasteiger partial charge in [-0.05, 0) is 30.9 Å². The zero-order valence-electron chi connectivity index (χ0n) is 14.7. The highest BCUT2D eigenvalue weighted by Gasteiger charge is 2.46. The van der Waals surface area contributed by atoms with Gasteiger partial charge in [-0.15, -0.1) is 0 Å². The van der Waals surface area contributed by atoms with Crippen LogP contribution in [0.25, 0.3) is 0 Å². The van der Waals surface area contributed by atoms with Crippen LogP contribution in [-0.2, 0) is 22.0 Å². The lowest BCUT2D eigenvalue weighted by atomic mass is 9.66. The summed E-state index contributed by atoms with van der Waals surface area (Å²) in [4.78, 5) is 17.0. The Morgan fingerprint density at radius 2 is 2.11 bits per heavy atom. The molecule has 0 saturated heterocycles. The maximum Gasteiger partial charge on any atom is 0.306 e. The fourth-order valence-corrected chi connectivity index (χ4v) is 4.77. The summed E-state index contributed by atoms with van der Waals surface area (Å²) in [7, 11) is -3.87. The van der Waals surface area contributed by atoms with Crippen molar-refractivity contribution in [3.8, 4) is 5.75 Å². The number of halogens is 1. The molecule has 8 heteroatoms. The number of para-hydroxylation sites is 1. The Labute approximate surface area is 162 Å². The molecule has 0 spiro atoms. The molecule has 2 aliphatic rings. The third-order valence-corrected chi connectivity index (χ3v) is 5.95. The third kappa shape index (κ3) is 3.19. The molecule has 27 heavy (non-hydrogen) atoms. The van der Waals surface area contributed by atoms with Crippen LogP contribution in [0.3, 0.4) is 0 Å². The van der Waals surface area contributed by atoms with Crippen LogP contribution in [0.1, 0.15) is 37.0 Å². The Balaban J connectivity index is 1.85.